The molecule has 28 heavy (non-hydrogen) atoms. The Hall–Kier alpha value is -3.06. The number of esters is 1. The minimum absolute atomic E-state index is 0.121. The lowest BCUT2D eigenvalue weighted by Crippen LogP contribution is -2.31. The molecule has 0 aromatic heterocycles. The van der Waals surface area contributed by atoms with Crippen molar-refractivity contribution in [1.29, 1.82) is 0 Å². The second-order valence-corrected chi connectivity index (χ2v) is 6.28. The number of Topliss-reactive ketones (excluding diaryl/α,β-unsaturated/α-hetero) is 1. The van der Waals surface area contributed by atoms with Crippen LogP contribution in [0.2, 0.25) is 5.02 Å². The van der Waals surface area contributed by atoms with Gasteiger partial charge in [-0.2, -0.15) is 0 Å². The second kappa shape index (κ2) is 9.75. The molecule has 0 heterocycles. The molecule has 0 bridgehead atoms. The molecule has 0 saturated heterocycles. The number of amides is 1. The summed E-state index contributed by atoms with van der Waals surface area (Å²) in [6.45, 7) is 2.45. The molecule has 0 spiro atoms. The number of carbonyl (C=O) groups is 3. The number of ketones is 1. The van der Waals surface area contributed by atoms with Gasteiger partial charge in [0, 0.05) is 16.3 Å². The molecule has 1 atom stereocenters. The molecule has 2 aromatic carbocycles. The summed E-state index contributed by atoms with van der Waals surface area (Å²) in [7, 11) is 1.42. The van der Waals surface area contributed by atoms with Crippen LogP contribution in [0.25, 0.3) is 0 Å². The molecule has 8 heteroatoms. The molecule has 2 aromatic rings. The Morgan fingerprint density at radius 3 is 2.50 bits per heavy atom. The van der Waals surface area contributed by atoms with Gasteiger partial charge in [-0.15, -0.1) is 0 Å². The maximum atomic E-state index is 12.1. The summed E-state index contributed by atoms with van der Waals surface area (Å²) in [5.74, 6) is -0.762. The highest BCUT2D eigenvalue weighted by Gasteiger charge is 2.19. The van der Waals surface area contributed by atoms with Crippen molar-refractivity contribution < 1.29 is 28.6 Å². The van der Waals surface area contributed by atoms with Gasteiger partial charge >= 0.3 is 5.97 Å². The highest BCUT2D eigenvalue weighted by Crippen LogP contribution is 2.28. The molecule has 0 saturated carbocycles. The van der Waals surface area contributed by atoms with Gasteiger partial charge < -0.3 is 19.5 Å². The normalized spacial score (nSPS) is 11.3. The second-order valence-electron chi connectivity index (χ2n) is 5.84. The van der Waals surface area contributed by atoms with Gasteiger partial charge in [-0.25, -0.2) is 4.79 Å². The minimum atomic E-state index is -1.03. The number of anilines is 1. The number of methoxy groups -OCH3 is 1. The van der Waals surface area contributed by atoms with Crippen LogP contribution in [-0.4, -0.2) is 37.5 Å². The fourth-order valence-electron chi connectivity index (χ4n) is 2.24. The van der Waals surface area contributed by atoms with E-state index in [1.54, 1.807) is 30.3 Å². The number of rotatable bonds is 8. The van der Waals surface area contributed by atoms with Gasteiger partial charge in [-0.05, 0) is 50.2 Å². The predicted octanol–water partition coefficient (Wildman–Crippen LogP) is 3.50. The largest absolute Gasteiger partial charge is 0.493 e. The van der Waals surface area contributed by atoms with Crippen molar-refractivity contribution in [1.82, 2.24) is 0 Å². The van der Waals surface area contributed by atoms with Crippen molar-refractivity contribution in [3.63, 3.8) is 0 Å². The van der Waals surface area contributed by atoms with E-state index in [0.29, 0.717) is 22.0 Å². The molecule has 0 aliphatic carbocycles. The standard InChI is InChI=1S/C20H20ClNO6/c1-12(23)14-7-8-17(18(9-14)26-3)27-11-19(24)28-13(2)20(25)22-16-6-4-5-15(21)10-16/h4-10,13H,11H2,1-3H3,(H,22,25)/t13-/m1/s1. The van der Waals surface area contributed by atoms with Crippen molar-refractivity contribution in [2.45, 2.75) is 20.0 Å². The van der Waals surface area contributed by atoms with Gasteiger partial charge in [0.15, 0.2) is 30.0 Å². The molecule has 1 amide bonds. The summed E-state index contributed by atoms with van der Waals surface area (Å²) < 4.78 is 15.6. The number of carbonyl (C=O) groups excluding carboxylic acids is 3. The van der Waals surface area contributed by atoms with Crippen LogP contribution >= 0.6 is 11.6 Å². The van der Waals surface area contributed by atoms with E-state index in [1.807, 2.05) is 0 Å². The third-order valence-corrected chi connectivity index (χ3v) is 3.92. The van der Waals surface area contributed by atoms with Gasteiger partial charge in [0.05, 0.1) is 7.11 Å². The SMILES string of the molecule is COc1cc(C(C)=O)ccc1OCC(=O)O[C@H](C)C(=O)Nc1cccc(Cl)c1. The van der Waals surface area contributed by atoms with Crippen LogP contribution in [0.5, 0.6) is 11.5 Å². The Labute approximate surface area is 167 Å². The summed E-state index contributed by atoms with van der Waals surface area (Å²) in [6, 6.07) is 11.2. The third-order valence-electron chi connectivity index (χ3n) is 3.69. The van der Waals surface area contributed by atoms with Crippen molar-refractivity contribution in [3.05, 3.63) is 53.1 Å². The molecule has 7 nitrogen and oxygen atoms in total. The average molecular weight is 406 g/mol. The number of hydrogen-bond acceptors (Lipinski definition) is 6. The first-order valence-electron chi connectivity index (χ1n) is 8.38. The summed E-state index contributed by atoms with van der Waals surface area (Å²) >= 11 is 5.86. The molecule has 0 aliphatic heterocycles. The van der Waals surface area contributed by atoms with Crippen LogP contribution in [0.4, 0.5) is 5.69 Å². The number of ether oxygens (including phenoxy) is 3. The highest BCUT2D eigenvalue weighted by atomic mass is 35.5. The Morgan fingerprint density at radius 1 is 1.11 bits per heavy atom. The van der Waals surface area contributed by atoms with E-state index in [4.69, 9.17) is 25.8 Å². The average Bonchev–Trinajstić information content (AvgIpc) is 2.66. The molecule has 0 fully saturated rings. The topological polar surface area (TPSA) is 90.9 Å². The van der Waals surface area contributed by atoms with Crippen molar-refractivity contribution in [2.24, 2.45) is 0 Å². The number of halogens is 1. The zero-order chi connectivity index (χ0) is 20.7. The van der Waals surface area contributed by atoms with E-state index < -0.39 is 24.6 Å². The minimum Gasteiger partial charge on any atom is -0.493 e. The van der Waals surface area contributed by atoms with Crippen LogP contribution in [0.15, 0.2) is 42.5 Å². The van der Waals surface area contributed by atoms with Crippen molar-refractivity contribution in [3.8, 4) is 11.5 Å². The zero-order valence-corrected chi connectivity index (χ0v) is 16.4. The van der Waals surface area contributed by atoms with E-state index in [-0.39, 0.29) is 11.5 Å². The smallest absolute Gasteiger partial charge is 0.344 e. The maximum Gasteiger partial charge on any atom is 0.344 e. The Morgan fingerprint density at radius 2 is 1.86 bits per heavy atom. The van der Waals surface area contributed by atoms with E-state index >= 15 is 0 Å². The molecule has 1 N–H and O–H groups in total. The van der Waals surface area contributed by atoms with Gasteiger partial charge in [0.2, 0.25) is 0 Å². The van der Waals surface area contributed by atoms with Gasteiger partial charge in [0.25, 0.3) is 5.91 Å². The molecule has 148 valence electrons. The number of hydrogen-bond donors (Lipinski definition) is 1. The third kappa shape index (κ3) is 5.99. The van der Waals surface area contributed by atoms with Crippen LogP contribution in [0.3, 0.4) is 0 Å². The van der Waals surface area contributed by atoms with Crippen molar-refractivity contribution >= 4 is 34.9 Å². The van der Waals surface area contributed by atoms with E-state index in [2.05, 4.69) is 5.32 Å². The molecule has 2 rings (SSSR count). The van der Waals surface area contributed by atoms with Crippen LogP contribution < -0.4 is 14.8 Å². The lowest BCUT2D eigenvalue weighted by atomic mass is 10.1. The van der Waals surface area contributed by atoms with Crippen LogP contribution in [0.1, 0.15) is 24.2 Å². The van der Waals surface area contributed by atoms with Crippen molar-refractivity contribution in [2.75, 3.05) is 19.0 Å². The van der Waals surface area contributed by atoms with E-state index in [1.165, 1.54) is 33.1 Å². The monoisotopic (exact) mass is 405 g/mol. The Balaban J connectivity index is 1.89. The first kappa shape index (κ1) is 21.2. The zero-order valence-electron chi connectivity index (χ0n) is 15.7. The highest BCUT2D eigenvalue weighted by molar-refractivity contribution is 6.30. The Bertz CT molecular complexity index is 883. The molecular weight excluding hydrogens is 386 g/mol. The van der Waals surface area contributed by atoms with Gasteiger partial charge in [0.1, 0.15) is 0 Å². The number of benzene rings is 2. The van der Waals surface area contributed by atoms with Gasteiger partial charge in [-0.3, -0.25) is 9.59 Å². The quantitative estimate of drug-likeness (QED) is 0.534. The summed E-state index contributed by atoms with van der Waals surface area (Å²) in [6.07, 6.45) is -1.03. The Kier molecular flexibility index (Phi) is 7.40. The fourth-order valence-corrected chi connectivity index (χ4v) is 2.43. The van der Waals surface area contributed by atoms with Crippen LogP contribution in [0, 0.1) is 0 Å². The molecule has 0 radical (unpaired) electrons. The fraction of sp³-hybridized carbons (Fsp3) is 0.250. The van der Waals surface area contributed by atoms with Crippen LogP contribution in [-0.2, 0) is 14.3 Å². The van der Waals surface area contributed by atoms with E-state index in [9.17, 15) is 14.4 Å². The lowest BCUT2D eigenvalue weighted by Gasteiger charge is -2.15. The summed E-state index contributed by atoms with van der Waals surface area (Å²) in [5.41, 5.74) is 0.949. The molecular formula is C20H20ClNO6. The summed E-state index contributed by atoms with van der Waals surface area (Å²) in [4.78, 5) is 35.5. The first-order valence-corrected chi connectivity index (χ1v) is 8.75. The predicted molar refractivity (Wildman–Crippen MR) is 104 cm³/mol. The molecule has 0 aliphatic rings. The first-order chi connectivity index (χ1) is 13.3. The van der Waals surface area contributed by atoms with Gasteiger partial charge in [-0.1, -0.05) is 17.7 Å². The maximum absolute atomic E-state index is 12.1. The summed E-state index contributed by atoms with van der Waals surface area (Å²) in [5, 5.41) is 3.08. The number of nitrogens with one attached hydrogen (secondary N) is 1. The molecule has 0 unspecified atom stereocenters. The van der Waals surface area contributed by atoms with E-state index in [0.717, 1.165) is 0 Å². The lowest BCUT2D eigenvalue weighted by molar-refractivity contribution is -0.155.